The van der Waals surface area contributed by atoms with Gasteiger partial charge in [0.1, 0.15) is 5.82 Å². The lowest BCUT2D eigenvalue weighted by Gasteiger charge is -2.31. The summed E-state index contributed by atoms with van der Waals surface area (Å²) in [5.41, 5.74) is 3.69. The second kappa shape index (κ2) is 7.98. The number of nitrogens with zero attached hydrogens (tertiary/aromatic N) is 2. The Kier molecular flexibility index (Phi) is 5.49. The fourth-order valence-corrected chi connectivity index (χ4v) is 3.72. The van der Waals surface area contributed by atoms with Crippen LogP contribution < -0.4 is 0 Å². The Labute approximate surface area is 151 Å². The molecule has 25 heavy (non-hydrogen) atoms. The zero-order chi connectivity index (χ0) is 17.6. The summed E-state index contributed by atoms with van der Waals surface area (Å²) in [5, 5.41) is 0. The van der Waals surface area contributed by atoms with Crippen molar-refractivity contribution in [3.63, 3.8) is 0 Å². The molecule has 0 aromatic rings. The number of rotatable bonds is 5. The van der Waals surface area contributed by atoms with Crippen LogP contribution in [0.2, 0.25) is 0 Å². The molecule has 2 nitrogen and oxygen atoms in total. The summed E-state index contributed by atoms with van der Waals surface area (Å²) in [6, 6.07) is 0. The topological polar surface area (TPSA) is 15.6 Å². The van der Waals surface area contributed by atoms with Crippen molar-refractivity contribution < 1.29 is 0 Å². The van der Waals surface area contributed by atoms with Gasteiger partial charge in [-0.2, -0.15) is 0 Å². The molecule has 2 aliphatic carbocycles. The van der Waals surface area contributed by atoms with Crippen LogP contribution in [-0.4, -0.2) is 24.7 Å². The molecule has 0 N–H and O–H groups in total. The normalized spacial score (nSPS) is 26.8. The second-order valence-electron chi connectivity index (χ2n) is 6.73. The van der Waals surface area contributed by atoms with Crippen LogP contribution >= 0.6 is 0 Å². The Morgan fingerprint density at radius 3 is 2.96 bits per heavy atom. The third-order valence-electron chi connectivity index (χ3n) is 5.03. The fourth-order valence-electron chi connectivity index (χ4n) is 3.72. The van der Waals surface area contributed by atoms with Gasteiger partial charge >= 0.3 is 0 Å². The van der Waals surface area contributed by atoms with Crippen LogP contribution in [0.1, 0.15) is 12.8 Å². The molecule has 3 rings (SSSR count). The molecule has 0 fully saturated rings. The molecule has 2 heteroatoms. The Morgan fingerprint density at radius 1 is 1.28 bits per heavy atom. The molecule has 0 spiro atoms. The van der Waals surface area contributed by atoms with Gasteiger partial charge in [0.05, 0.1) is 0 Å². The summed E-state index contributed by atoms with van der Waals surface area (Å²) >= 11 is 0. The van der Waals surface area contributed by atoms with E-state index in [0.29, 0.717) is 11.8 Å². The highest BCUT2D eigenvalue weighted by atomic mass is 15.2. The van der Waals surface area contributed by atoms with E-state index in [1.54, 1.807) is 0 Å². The fraction of sp³-hybridized carbons (Fsp3) is 0.261. The maximum Gasteiger partial charge on any atom is 0.128 e. The number of allylic oxidation sites excluding steroid dienone is 11. The highest BCUT2D eigenvalue weighted by molar-refractivity contribution is 5.41. The van der Waals surface area contributed by atoms with Gasteiger partial charge in [-0.3, -0.25) is 0 Å². The number of hydrogen-bond acceptors (Lipinski definition) is 2. The van der Waals surface area contributed by atoms with Crippen LogP contribution in [0.25, 0.3) is 0 Å². The molecular weight excluding hydrogens is 304 g/mol. The van der Waals surface area contributed by atoms with Gasteiger partial charge in [-0.25, -0.2) is 4.99 Å². The molecule has 1 heterocycles. The molecule has 2 unspecified atom stereocenters. The van der Waals surface area contributed by atoms with Crippen LogP contribution in [0.5, 0.6) is 0 Å². The minimum atomic E-state index is 0.460. The largest absolute Gasteiger partial charge is 0.352 e. The highest BCUT2D eigenvalue weighted by Gasteiger charge is 2.26. The van der Waals surface area contributed by atoms with E-state index in [1.807, 2.05) is 12.2 Å². The SMILES string of the molecule is C=C/C=C1\C=C(N=C)N(CCC2CC=CC3=CC=CC(=C)C=CC32)C1. The van der Waals surface area contributed by atoms with Crippen molar-refractivity contribution in [1.82, 2.24) is 4.90 Å². The molecule has 3 aliphatic rings. The van der Waals surface area contributed by atoms with Crippen LogP contribution in [0.3, 0.4) is 0 Å². The first-order chi connectivity index (χ1) is 12.2. The molecule has 0 aromatic heterocycles. The molecule has 0 amide bonds. The van der Waals surface area contributed by atoms with Crippen LogP contribution in [0.4, 0.5) is 0 Å². The van der Waals surface area contributed by atoms with Gasteiger partial charge in [-0.05, 0) is 48.3 Å². The number of aliphatic imine (C=N–C) groups is 1. The molecule has 0 radical (unpaired) electrons. The minimum Gasteiger partial charge on any atom is -0.352 e. The summed E-state index contributed by atoms with van der Waals surface area (Å²) in [6.07, 6.45) is 23.7. The molecule has 0 saturated carbocycles. The number of hydrogen-bond donors (Lipinski definition) is 0. The monoisotopic (exact) mass is 330 g/mol. The van der Waals surface area contributed by atoms with Crippen molar-refractivity contribution in [2.45, 2.75) is 12.8 Å². The smallest absolute Gasteiger partial charge is 0.128 e. The summed E-state index contributed by atoms with van der Waals surface area (Å²) in [4.78, 5) is 6.50. The van der Waals surface area contributed by atoms with Gasteiger partial charge in [0.2, 0.25) is 0 Å². The van der Waals surface area contributed by atoms with E-state index in [1.165, 1.54) is 11.1 Å². The highest BCUT2D eigenvalue weighted by Crippen LogP contribution is 2.35. The molecular formula is C23H26N2. The number of fused-ring (bicyclic) bond motifs is 1. The van der Waals surface area contributed by atoms with Crippen molar-refractivity contribution in [2.75, 3.05) is 13.1 Å². The van der Waals surface area contributed by atoms with Gasteiger partial charge in [-0.15, -0.1) is 0 Å². The van der Waals surface area contributed by atoms with Gasteiger partial charge in [-0.1, -0.05) is 67.8 Å². The Hall–Kier alpha value is -2.61. The first kappa shape index (κ1) is 17.2. The molecule has 0 aromatic carbocycles. The lowest BCUT2D eigenvalue weighted by Crippen LogP contribution is -2.26. The van der Waals surface area contributed by atoms with Crippen molar-refractivity contribution in [1.29, 1.82) is 0 Å². The zero-order valence-corrected chi connectivity index (χ0v) is 14.8. The van der Waals surface area contributed by atoms with E-state index in [2.05, 4.69) is 78.4 Å². The first-order valence-electron chi connectivity index (χ1n) is 8.88. The van der Waals surface area contributed by atoms with Crippen molar-refractivity contribution in [3.8, 4) is 0 Å². The van der Waals surface area contributed by atoms with Crippen LogP contribution in [0, 0.1) is 11.8 Å². The van der Waals surface area contributed by atoms with Gasteiger partial charge < -0.3 is 4.90 Å². The maximum absolute atomic E-state index is 4.19. The van der Waals surface area contributed by atoms with E-state index >= 15 is 0 Å². The van der Waals surface area contributed by atoms with Crippen molar-refractivity contribution in [2.24, 2.45) is 16.8 Å². The minimum absolute atomic E-state index is 0.460. The molecule has 2 atom stereocenters. The second-order valence-corrected chi connectivity index (χ2v) is 6.73. The lowest BCUT2D eigenvalue weighted by atomic mass is 9.76. The van der Waals surface area contributed by atoms with E-state index in [4.69, 9.17) is 0 Å². The summed E-state index contributed by atoms with van der Waals surface area (Å²) < 4.78 is 0. The predicted molar refractivity (Wildman–Crippen MR) is 108 cm³/mol. The van der Waals surface area contributed by atoms with Gasteiger partial charge in [0.25, 0.3) is 0 Å². The molecule has 128 valence electrons. The van der Waals surface area contributed by atoms with Gasteiger partial charge in [0.15, 0.2) is 0 Å². The standard InChI is InChI=1S/C23H26N2/c1-4-7-19-16-23(24-3)25(17-19)15-14-21-11-6-10-20-9-5-8-18(2)12-13-22(20)21/h4-10,12-13,16,21-22H,1-3,11,14-15,17H2/b8-5?,13-12?,19-7+,20-9?. The van der Waals surface area contributed by atoms with E-state index in [-0.39, 0.29) is 0 Å². The molecule has 1 aliphatic heterocycles. The summed E-state index contributed by atoms with van der Waals surface area (Å²) in [7, 11) is 0. The Bertz CT molecular complexity index is 740. The Morgan fingerprint density at radius 2 is 2.16 bits per heavy atom. The van der Waals surface area contributed by atoms with Crippen LogP contribution in [-0.2, 0) is 0 Å². The average molecular weight is 330 g/mol. The van der Waals surface area contributed by atoms with Gasteiger partial charge in [0, 0.05) is 19.0 Å². The Balaban J connectivity index is 1.70. The molecule has 0 saturated heterocycles. The third kappa shape index (κ3) is 4.08. The lowest BCUT2D eigenvalue weighted by molar-refractivity contribution is 0.312. The van der Waals surface area contributed by atoms with Crippen LogP contribution in [0.15, 0.2) is 101 Å². The predicted octanol–water partition coefficient (Wildman–Crippen LogP) is 5.15. The van der Waals surface area contributed by atoms with E-state index in [9.17, 15) is 0 Å². The van der Waals surface area contributed by atoms with Crippen molar-refractivity contribution in [3.05, 3.63) is 96.5 Å². The molecule has 0 bridgehead atoms. The summed E-state index contributed by atoms with van der Waals surface area (Å²) in [6.45, 7) is 13.5. The van der Waals surface area contributed by atoms with E-state index in [0.717, 1.165) is 37.3 Å². The quantitative estimate of drug-likeness (QED) is 0.637. The summed E-state index contributed by atoms with van der Waals surface area (Å²) in [5.74, 6) is 2.03. The third-order valence-corrected chi connectivity index (χ3v) is 5.03. The maximum atomic E-state index is 4.19. The van der Waals surface area contributed by atoms with E-state index < -0.39 is 0 Å². The van der Waals surface area contributed by atoms with Crippen molar-refractivity contribution >= 4 is 6.72 Å². The zero-order valence-electron chi connectivity index (χ0n) is 14.8. The first-order valence-corrected chi connectivity index (χ1v) is 8.88. The average Bonchev–Trinajstić information content (AvgIpc) is 2.99.